The minimum atomic E-state index is -1.14. The van der Waals surface area contributed by atoms with Gasteiger partial charge in [-0.1, -0.05) is 35.3 Å². The zero-order valence-electron chi connectivity index (χ0n) is 12.6. The summed E-state index contributed by atoms with van der Waals surface area (Å²) < 4.78 is 5.54. The molecule has 2 N–H and O–H groups in total. The Morgan fingerprint density at radius 3 is 2.48 bits per heavy atom. The number of anilines is 1. The van der Waals surface area contributed by atoms with Gasteiger partial charge in [0.2, 0.25) is 0 Å². The Hall–Kier alpha value is -2.76. The number of halogens is 2. The first-order valence-electron chi connectivity index (χ1n) is 7.14. The highest BCUT2D eigenvalue weighted by atomic mass is 35.5. The van der Waals surface area contributed by atoms with Gasteiger partial charge >= 0.3 is 5.97 Å². The molecule has 3 rings (SSSR count). The Morgan fingerprint density at radius 1 is 1.00 bits per heavy atom. The van der Waals surface area contributed by atoms with Crippen LogP contribution in [0.5, 0.6) is 0 Å². The van der Waals surface area contributed by atoms with E-state index in [1.54, 1.807) is 36.4 Å². The number of benzene rings is 2. The van der Waals surface area contributed by atoms with Gasteiger partial charge in [-0.15, -0.1) is 0 Å². The van der Waals surface area contributed by atoms with Crippen LogP contribution in [0.25, 0.3) is 11.3 Å². The summed E-state index contributed by atoms with van der Waals surface area (Å²) in [7, 11) is 0. The second kappa shape index (κ2) is 7.01. The lowest BCUT2D eigenvalue weighted by atomic mass is 10.2. The van der Waals surface area contributed by atoms with Crippen LogP contribution in [0.15, 0.2) is 59.0 Å². The molecular weight excluding hydrogens is 365 g/mol. The highest BCUT2D eigenvalue weighted by molar-refractivity contribution is 6.36. The fraction of sp³-hybridized carbons (Fsp3) is 0. The maximum Gasteiger partial charge on any atom is 0.337 e. The topological polar surface area (TPSA) is 79.5 Å². The van der Waals surface area contributed by atoms with Gasteiger partial charge in [0.15, 0.2) is 5.76 Å². The summed E-state index contributed by atoms with van der Waals surface area (Å²) >= 11 is 12.0. The molecule has 5 nitrogen and oxygen atoms in total. The number of hydrogen-bond donors (Lipinski definition) is 2. The highest BCUT2D eigenvalue weighted by Gasteiger charge is 2.17. The number of rotatable bonds is 4. The van der Waals surface area contributed by atoms with E-state index in [2.05, 4.69) is 5.32 Å². The summed E-state index contributed by atoms with van der Waals surface area (Å²) in [5.41, 5.74) is 0.766. The zero-order chi connectivity index (χ0) is 18.0. The number of carbonyl (C=O) groups is 2. The molecule has 2 aromatic carbocycles. The minimum Gasteiger partial charge on any atom is -0.478 e. The molecule has 0 bridgehead atoms. The lowest BCUT2D eigenvalue weighted by molar-refractivity contribution is 0.0698. The molecule has 0 atom stereocenters. The van der Waals surface area contributed by atoms with Crippen molar-refractivity contribution >= 4 is 40.8 Å². The average Bonchev–Trinajstić information content (AvgIpc) is 3.05. The molecule has 1 amide bonds. The van der Waals surface area contributed by atoms with Crippen molar-refractivity contribution in [1.29, 1.82) is 0 Å². The van der Waals surface area contributed by atoms with Gasteiger partial charge in [0.05, 0.1) is 16.3 Å². The first kappa shape index (κ1) is 17.1. The van der Waals surface area contributed by atoms with E-state index in [0.29, 0.717) is 21.4 Å². The predicted octanol–water partition coefficient (Wildman–Crippen LogP) is 5.20. The van der Waals surface area contributed by atoms with Crippen molar-refractivity contribution in [3.8, 4) is 11.3 Å². The van der Waals surface area contributed by atoms with Gasteiger partial charge in [0.25, 0.3) is 5.91 Å². The van der Waals surface area contributed by atoms with E-state index in [1.807, 2.05) is 0 Å². The van der Waals surface area contributed by atoms with Crippen LogP contribution in [-0.4, -0.2) is 17.0 Å². The number of carboxylic acid groups (broad SMARTS) is 1. The molecule has 126 valence electrons. The molecule has 0 aliphatic rings. The lowest BCUT2D eigenvalue weighted by Crippen LogP contribution is -2.14. The van der Waals surface area contributed by atoms with E-state index < -0.39 is 11.9 Å². The van der Waals surface area contributed by atoms with E-state index in [9.17, 15) is 9.59 Å². The third kappa shape index (κ3) is 3.68. The summed E-state index contributed by atoms with van der Waals surface area (Å²) in [4.78, 5) is 23.5. The number of carboxylic acids is 1. The molecule has 0 radical (unpaired) electrons. The Kier molecular flexibility index (Phi) is 4.79. The lowest BCUT2D eigenvalue weighted by Gasteiger charge is -2.06. The van der Waals surface area contributed by atoms with Crippen LogP contribution >= 0.6 is 23.2 Å². The van der Waals surface area contributed by atoms with Crippen LogP contribution < -0.4 is 5.32 Å². The van der Waals surface area contributed by atoms with E-state index in [0.717, 1.165) is 0 Å². The van der Waals surface area contributed by atoms with Crippen LogP contribution in [0.3, 0.4) is 0 Å². The fourth-order valence-electron chi connectivity index (χ4n) is 2.26. The van der Waals surface area contributed by atoms with Gasteiger partial charge in [-0.05, 0) is 42.5 Å². The monoisotopic (exact) mass is 375 g/mol. The van der Waals surface area contributed by atoms with Gasteiger partial charge in [0, 0.05) is 10.6 Å². The first-order valence-corrected chi connectivity index (χ1v) is 7.90. The molecule has 7 heteroatoms. The fourth-order valence-corrected chi connectivity index (χ4v) is 2.76. The summed E-state index contributed by atoms with van der Waals surface area (Å²) in [6.07, 6.45) is 0. The van der Waals surface area contributed by atoms with Crippen molar-refractivity contribution in [1.82, 2.24) is 0 Å². The Balaban J connectivity index is 1.85. The van der Waals surface area contributed by atoms with Crippen LogP contribution in [0.1, 0.15) is 20.9 Å². The van der Waals surface area contributed by atoms with Crippen LogP contribution in [0.2, 0.25) is 10.0 Å². The van der Waals surface area contributed by atoms with Gasteiger partial charge < -0.3 is 14.8 Å². The van der Waals surface area contributed by atoms with Crippen molar-refractivity contribution in [2.75, 3.05) is 5.32 Å². The number of furan rings is 1. The highest BCUT2D eigenvalue weighted by Crippen LogP contribution is 2.31. The molecule has 1 heterocycles. The van der Waals surface area contributed by atoms with E-state index >= 15 is 0 Å². The first-order chi connectivity index (χ1) is 12.0. The molecule has 0 fully saturated rings. The van der Waals surface area contributed by atoms with E-state index in [4.69, 9.17) is 32.7 Å². The molecular formula is C18H11Cl2NO4. The maximum atomic E-state index is 12.3. The maximum absolute atomic E-state index is 12.3. The minimum absolute atomic E-state index is 0.0108. The summed E-state index contributed by atoms with van der Waals surface area (Å²) in [6, 6.07) is 14.1. The van der Waals surface area contributed by atoms with Crippen LogP contribution in [0.4, 0.5) is 5.69 Å². The second-order valence-electron chi connectivity index (χ2n) is 5.09. The van der Waals surface area contributed by atoms with Gasteiger partial charge in [-0.2, -0.15) is 0 Å². The van der Waals surface area contributed by atoms with Crippen molar-refractivity contribution in [3.63, 3.8) is 0 Å². The largest absolute Gasteiger partial charge is 0.478 e. The molecule has 0 saturated heterocycles. The van der Waals surface area contributed by atoms with Crippen molar-refractivity contribution in [2.24, 2.45) is 0 Å². The molecule has 0 aliphatic heterocycles. The van der Waals surface area contributed by atoms with Crippen LogP contribution in [-0.2, 0) is 0 Å². The number of amides is 1. The average molecular weight is 376 g/mol. The summed E-state index contributed by atoms with van der Waals surface area (Å²) in [5.74, 6) is -1.27. The van der Waals surface area contributed by atoms with Gasteiger partial charge in [-0.25, -0.2) is 4.79 Å². The Bertz CT molecular complexity index is 965. The number of aromatic carboxylic acids is 1. The Labute approximate surface area is 152 Å². The molecule has 1 aromatic heterocycles. The molecule has 25 heavy (non-hydrogen) atoms. The van der Waals surface area contributed by atoms with Gasteiger partial charge in [-0.3, -0.25) is 4.79 Å². The second-order valence-corrected chi connectivity index (χ2v) is 5.94. The number of carbonyl (C=O) groups excluding carboxylic acids is 1. The SMILES string of the molecule is O=C(Nc1ccccc1C(=O)O)c1ccc(-c2ccc(Cl)cc2Cl)o1. The Morgan fingerprint density at radius 2 is 1.76 bits per heavy atom. The summed E-state index contributed by atoms with van der Waals surface area (Å²) in [5, 5.41) is 12.6. The number of nitrogens with one attached hydrogen (secondary N) is 1. The predicted molar refractivity (Wildman–Crippen MR) is 95.5 cm³/mol. The molecule has 0 unspecified atom stereocenters. The molecule has 0 aliphatic carbocycles. The van der Waals surface area contributed by atoms with Crippen molar-refractivity contribution < 1.29 is 19.1 Å². The zero-order valence-corrected chi connectivity index (χ0v) is 14.1. The summed E-state index contributed by atoms with van der Waals surface area (Å²) in [6.45, 7) is 0. The van der Waals surface area contributed by atoms with Crippen molar-refractivity contribution in [3.05, 3.63) is 76.0 Å². The molecule has 3 aromatic rings. The third-order valence-corrected chi connectivity index (χ3v) is 3.98. The van der Waals surface area contributed by atoms with E-state index in [1.165, 1.54) is 18.2 Å². The van der Waals surface area contributed by atoms with Crippen LogP contribution in [0, 0.1) is 0 Å². The number of hydrogen-bond acceptors (Lipinski definition) is 3. The normalized spacial score (nSPS) is 10.5. The third-order valence-electron chi connectivity index (χ3n) is 3.43. The molecule has 0 saturated carbocycles. The van der Waals surface area contributed by atoms with Crippen molar-refractivity contribution in [2.45, 2.75) is 0 Å². The standard InChI is InChI=1S/C18H11Cl2NO4/c19-10-5-6-11(13(20)9-10)15-7-8-16(25-15)17(22)21-14-4-2-1-3-12(14)18(23)24/h1-9H,(H,21,22)(H,23,24). The smallest absolute Gasteiger partial charge is 0.337 e. The van der Waals surface area contributed by atoms with E-state index in [-0.39, 0.29) is 17.0 Å². The number of para-hydroxylation sites is 1. The molecule has 0 spiro atoms. The van der Waals surface area contributed by atoms with Gasteiger partial charge in [0.1, 0.15) is 5.76 Å². The quantitative estimate of drug-likeness (QED) is 0.656.